The lowest BCUT2D eigenvalue weighted by Crippen LogP contribution is -2.31. The van der Waals surface area contributed by atoms with Gasteiger partial charge in [-0.05, 0) is 60.7 Å². The lowest BCUT2D eigenvalue weighted by molar-refractivity contribution is 0.0933. The minimum absolute atomic E-state index is 0.0560. The predicted molar refractivity (Wildman–Crippen MR) is 127 cm³/mol. The van der Waals surface area contributed by atoms with Crippen molar-refractivity contribution in [1.82, 2.24) is 15.5 Å². The van der Waals surface area contributed by atoms with Crippen molar-refractivity contribution in [1.29, 1.82) is 0 Å². The molecule has 0 aliphatic heterocycles. The van der Waals surface area contributed by atoms with Crippen molar-refractivity contribution in [3.8, 4) is 11.3 Å². The van der Waals surface area contributed by atoms with Crippen LogP contribution < -0.4 is 10.6 Å². The molecule has 1 unspecified atom stereocenters. The number of nitrogens with zero attached hydrogens (tertiary/aromatic N) is 2. The first-order valence-electron chi connectivity index (χ1n) is 10.9. The van der Waals surface area contributed by atoms with Crippen molar-refractivity contribution in [2.45, 2.75) is 25.3 Å². The molecule has 4 aromatic rings. The molecular formula is C27H24N4O. The van der Waals surface area contributed by atoms with Gasteiger partial charge in [-0.1, -0.05) is 60.7 Å². The fraction of sp³-hybridized carbons (Fsp3) is 0.148. The first kappa shape index (κ1) is 19.9. The van der Waals surface area contributed by atoms with Gasteiger partial charge in [0.25, 0.3) is 5.91 Å². The van der Waals surface area contributed by atoms with E-state index in [2.05, 4.69) is 39.0 Å². The molecule has 0 saturated carbocycles. The number of anilines is 2. The van der Waals surface area contributed by atoms with Gasteiger partial charge in [0, 0.05) is 16.8 Å². The van der Waals surface area contributed by atoms with E-state index in [0.29, 0.717) is 11.4 Å². The fourth-order valence-electron chi connectivity index (χ4n) is 4.19. The highest BCUT2D eigenvalue weighted by atomic mass is 16.1. The van der Waals surface area contributed by atoms with Gasteiger partial charge in [-0.2, -0.15) is 0 Å². The van der Waals surface area contributed by atoms with Gasteiger partial charge in [-0.25, -0.2) is 0 Å². The van der Waals surface area contributed by atoms with E-state index < -0.39 is 0 Å². The summed E-state index contributed by atoms with van der Waals surface area (Å²) in [5, 5.41) is 15.0. The highest BCUT2D eigenvalue weighted by Gasteiger charge is 2.22. The van der Waals surface area contributed by atoms with Crippen LogP contribution in [0.25, 0.3) is 11.3 Å². The Morgan fingerprint density at radius 3 is 2.53 bits per heavy atom. The first-order chi connectivity index (χ1) is 15.8. The van der Waals surface area contributed by atoms with Crippen molar-refractivity contribution in [3.63, 3.8) is 0 Å². The summed E-state index contributed by atoms with van der Waals surface area (Å²) in [6, 6.07) is 29.7. The van der Waals surface area contributed by atoms with E-state index in [1.165, 1.54) is 11.1 Å². The second-order valence-corrected chi connectivity index (χ2v) is 7.99. The standard InChI is InChI=1S/C27H24N4O/c32-27(29-25-15-7-11-19-8-4-5-14-23(19)25)21-12-6-13-22(18-21)28-26-17-16-24(30-31-26)20-9-2-1-3-10-20/h1-6,8-10,12-14,16-18,25H,7,11,15H2,(H,28,31)(H,29,32). The van der Waals surface area contributed by atoms with Crippen LogP contribution in [0.2, 0.25) is 0 Å². The number of rotatable bonds is 5. The molecule has 0 fully saturated rings. The van der Waals surface area contributed by atoms with Crippen LogP contribution in [0.4, 0.5) is 11.5 Å². The number of hydrogen-bond acceptors (Lipinski definition) is 4. The molecule has 158 valence electrons. The van der Waals surface area contributed by atoms with Gasteiger partial charge in [-0.3, -0.25) is 4.79 Å². The molecule has 1 aliphatic carbocycles. The summed E-state index contributed by atoms with van der Waals surface area (Å²) in [7, 11) is 0. The molecule has 5 nitrogen and oxygen atoms in total. The monoisotopic (exact) mass is 420 g/mol. The average molecular weight is 421 g/mol. The fourth-order valence-corrected chi connectivity index (χ4v) is 4.19. The highest BCUT2D eigenvalue weighted by molar-refractivity contribution is 5.95. The number of aryl methyl sites for hydroxylation is 1. The van der Waals surface area contributed by atoms with E-state index in [4.69, 9.17) is 0 Å². The molecule has 3 aromatic carbocycles. The zero-order chi connectivity index (χ0) is 21.8. The molecule has 0 bridgehead atoms. The van der Waals surface area contributed by atoms with Gasteiger partial charge in [0.2, 0.25) is 0 Å². The molecular weight excluding hydrogens is 396 g/mol. The summed E-state index contributed by atoms with van der Waals surface area (Å²) in [4.78, 5) is 13.0. The van der Waals surface area contributed by atoms with Gasteiger partial charge in [-0.15, -0.1) is 10.2 Å². The van der Waals surface area contributed by atoms with E-state index in [1.807, 2.05) is 72.8 Å². The molecule has 2 N–H and O–H groups in total. The summed E-state index contributed by atoms with van der Waals surface area (Å²) in [6.45, 7) is 0. The molecule has 1 atom stereocenters. The van der Waals surface area contributed by atoms with E-state index in [9.17, 15) is 4.79 Å². The van der Waals surface area contributed by atoms with Crippen LogP contribution in [0, 0.1) is 0 Å². The van der Waals surface area contributed by atoms with E-state index in [0.717, 1.165) is 36.2 Å². The van der Waals surface area contributed by atoms with Crippen LogP contribution in [0.3, 0.4) is 0 Å². The zero-order valence-electron chi connectivity index (χ0n) is 17.7. The van der Waals surface area contributed by atoms with Gasteiger partial charge in [0.1, 0.15) is 0 Å². The molecule has 0 saturated heterocycles. The lowest BCUT2D eigenvalue weighted by atomic mass is 9.87. The predicted octanol–water partition coefficient (Wildman–Crippen LogP) is 5.69. The third-order valence-corrected chi connectivity index (χ3v) is 5.81. The highest BCUT2D eigenvalue weighted by Crippen LogP contribution is 2.30. The zero-order valence-corrected chi connectivity index (χ0v) is 17.7. The Bertz CT molecular complexity index is 1220. The molecule has 1 aliphatic rings. The molecule has 5 rings (SSSR count). The number of nitrogens with one attached hydrogen (secondary N) is 2. The third-order valence-electron chi connectivity index (χ3n) is 5.81. The maximum absolute atomic E-state index is 13.0. The summed E-state index contributed by atoms with van der Waals surface area (Å²) < 4.78 is 0. The molecule has 0 radical (unpaired) electrons. The second kappa shape index (κ2) is 9.02. The lowest BCUT2D eigenvalue weighted by Gasteiger charge is -2.26. The molecule has 5 heteroatoms. The summed E-state index contributed by atoms with van der Waals surface area (Å²) in [5.41, 5.74) is 5.81. The number of carbonyl (C=O) groups excluding carboxylic acids is 1. The first-order valence-corrected chi connectivity index (χ1v) is 10.9. The number of carbonyl (C=O) groups is 1. The average Bonchev–Trinajstić information content (AvgIpc) is 2.85. The molecule has 32 heavy (non-hydrogen) atoms. The van der Waals surface area contributed by atoms with E-state index in [1.54, 1.807) is 0 Å². The number of aromatic nitrogens is 2. The summed E-state index contributed by atoms with van der Waals surface area (Å²) in [6.07, 6.45) is 3.12. The van der Waals surface area contributed by atoms with Crippen LogP contribution in [0.1, 0.15) is 40.4 Å². The van der Waals surface area contributed by atoms with E-state index >= 15 is 0 Å². The summed E-state index contributed by atoms with van der Waals surface area (Å²) in [5.74, 6) is 0.560. The minimum Gasteiger partial charge on any atom is -0.345 e. The Labute approximate surface area is 187 Å². The number of benzene rings is 3. The summed E-state index contributed by atoms with van der Waals surface area (Å²) >= 11 is 0. The van der Waals surface area contributed by atoms with Gasteiger partial charge in [0.05, 0.1) is 11.7 Å². The maximum atomic E-state index is 13.0. The van der Waals surface area contributed by atoms with Gasteiger partial charge in [0.15, 0.2) is 5.82 Å². The van der Waals surface area contributed by atoms with Crippen molar-refractivity contribution in [3.05, 3.63) is 108 Å². The number of hydrogen-bond donors (Lipinski definition) is 2. The molecule has 1 amide bonds. The topological polar surface area (TPSA) is 66.9 Å². The smallest absolute Gasteiger partial charge is 0.251 e. The van der Waals surface area contributed by atoms with Crippen LogP contribution in [0.5, 0.6) is 0 Å². The largest absolute Gasteiger partial charge is 0.345 e. The Hall–Kier alpha value is -3.99. The van der Waals surface area contributed by atoms with Gasteiger partial charge >= 0.3 is 0 Å². The third kappa shape index (κ3) is 4.37. The maximum Gasteiger partial charge on any atom is 0.251 e. The second-order valence-electron chi connectivity index (χ2n) is 7.99. The van der Waals surface area contributed by atoms with Crippen LogP contribution >= 0.6 is 0 Å². The van der Waals surface area contributed by atoms with Crippen molar-refractivity contribution >= 4 is 17.4 Å². The van der Waals surface area contributed by atoms with E-state index in [-0.39, 0.29) is 11.9 Å². The number of amides is 1. The number of fused-ring (bicyclic) bond motifs is 1. The van der Waals surface area contributed by atoms with Crippen molar-refractivity contribution in [2.24, 2.45) is 0 Å². The molecule has 1 aromatic heterocycles. The quantitative estimate of drug-likeness (QED) is 0.435. The normalized spacial score (nSPS) is 14.9. The van der Waals surface area contributed by atoms with Crippen molar-refractivity contribution in [2.75, 3.05) is 5.32 Å². The SMILES string of the molecule is O=C(NC1CCCc2ccccc21)c1cccc(Nc2ccc(-c3ccccc3)nn2)c1. The molecule has 1 heterocycles. The minimum atomic E-state index is -0.0686. The Morgan fingerprint density at radius 2 is 1.69 bits per heavy atom. The van der Waals surface area contributed by atoms with Crippen LogP contribution in [-0.4, -0.2) is 16.1 Å². The molecule has 0 spiro atoms. The Morgan fingerprint density at radius 1 is 0.844 bits per heavy atom. The van der Waals surface area contributed by atoms with Gasteiger partial charge < -0.3 is 10.6 Å². The Kier molecular flexibility index (Phi) is 5.62. The van der Waals surface area contributed by atoms with Crippen molar-refractivity contribution < 1.29 is 4.79 Å². The van der Waals surface area contributed by atoms with Crippen LogP contribution in [-0.2, 0) is 6.42 Å². The Balaban J connectivity index is 1.28. The van der Waals surface area contributed by atoms with Crippen LogP contribution in [0.15, 0.2) is 91.0 Å².